The number of ether oxygens (including phenoxy) is 1. The van der Waals surface area contributed by atoms with Crippen molar-refractivity contribution in [1.82, 2.24) is 5.32 Å². The summed E-state index contributed by atoms with van der Waals surface area (Å²) >= 11 is 0. The first kappa shape index (κ1) is 18.6. The molecular formula is C13H19ClF2N2O2. The van der Waals surface area contributed by atoms with Gasteiger partial charge in [-0.15, -0.1) is 12.4 Å². The van der Waals surface area contributed by atoms with Crippen LogP contribution in [0.2, 0.25) is 0 Å². The minimum Gasteiger partial charge on any atom is -0.435 e. The molecule has 0 aliphatic heterocycles. The molecule has 0 aliphatic carbocycles. The normalized spacial score (nSPS) is 11.7. The Morgan fingerprint density at radius 3 is 2.65 bits per heavy atom. The minimum absolute atomic E-state index is 0. The number of para-hydroxylation sites is 1. The third-order valence-corrected chi connectivity index (χ3v) is 2.46. The molecule has 0 bridgehead atoms. The van der Waals surface area contributed by atoms with Gasteiger partial charge in [-0.25, -0.2) is 0 Å². The minimum atomic E-state index is -2.90. The molecule has 0 aliphatic rings. The molecule has 1 atom stereocenters. The average molecular weight is 309 g/mol. The standard InChI is InChI=1S/C13H18F2N2O2.ClH/c1-9(16)6-7-17-12(18)8-10-4-2-3-5-11(10)19-13(14)15;/h2-5,9,13H,6-8,16H2,1H3,(H,17,18);1H. The second-order valence-electron chi connectivity index (χ2n) is 4.28. The summed E-state index contributed by atoms with van der Waals surface area (Å²) in [4.78, 5) is 11.6. The zero-order valence-corrected chi connectivity index (χ0v) is 12.0. The molecule has 1 amide bonds. The molecule has 0 aromatic heterocycles. The van der Waals surface area contributed by atoms with Crippen molar-refractivity contribution in [2.75, 3.05) is 6.54 Å². The summed E-state index contributed by atoms with van der Waals surface area (Å²) in [5.41, 5.74) is 5.99. The van der Waals surface area contributed by atoms with Gasteiger partial charge in [-0.1, -0.05) is 18.2 Å². The van der Waals surface area contributed by atoms with Gasteiger partial charge >= 0.3 is 6.61 Å². The highest BCUT2D eigenvalue weighted by molar-refractivity contribution is 5.85. The third-order valence-electron chi connectivity index (χ3n) is 2.46. The van der Waals surface area contributed by atoms with Crippen molar-refractivity contribution in [2.45, 2.75) is 32.4 Å². The van der Waals surface area contributed by atoms with E-state index in [4.69, 9.17) is 5.73 Å². The number of nitrogens with one attached hydrogen (secondary N) is 1. The molecule has 4 nitrogen and oxygen atoms in total. The fourth-order valence-corrected chi connectivity index (χ4v) is 1.54. The number of rotatable bonds is 7. The molecule has 1 aromatic carbocycles. The molecule has 0 fully saturated rings. The monoisotopic (exact) mass is 308 g/mol. The van der Waals surface area contributed by atoms with Gasteiger partial charge in [0.25, 0.3) is 0 Å². The Morgan fingerprint density at radius 2 is 2.05 bits per heavy atom. The van der Waals surface area contributed by atoms with Crippen molar-refractivity contribution in [1.29, 1.82) is 0 Å². The molecule has 1 unspecified atom stereocenters. The fraction of sp³-hybridized carbons (Fsp3) is 0.462. The Bertz CT molecular complexity index is 417. The lowest BCUT2D eigenvalue weighted by atomic mass is 10.1. The molecule has 7 heteroatoms. The average Bonchev–Trinajstić information content (AvgIpc) is 2.30. The smallest absolute Gasteiger partial charge is 0.387 e. The number of carbonyl (C=O) groups excluding carboxylic acids is 1. The van der Waals surface area contributed by atoms with Crippen molar-refractivity contribution in [3.63, 3.8) is 0 Å². The maximum Gasteiger partial charge on any atom is 0.387 e. The number of benzene rings is 1. The highest BCUT2D eigenvalue weighted by Crippen LogP contribution is 2.20. The number of halogens is 3. The Kier molecular flexibility index (Phi) is 8.83. The number of alkyl halides is 2. The summed E-state index contributed by atoms with van der Waals surface area (Å²) in [6, 6.07) is 6.26. The van der Waals surface area contributed by atoms with Crippen molar-refractivity contribution in [3.05, 3.63) is 29.8 Å². The van der Waals surface area contributed by atoms with Crippen molar-refractivity contribution < 1.29 is 18.3 Å². The summed E-state index contributed by atoms with van der Waals surface area (Å²) in [5.74, 6) is -0.217. The molecular weight excluding hydrogens is 290 g/mol. The van der Waals surface area contributed by atoms with Crippen molar-refractivity contribution in [2.24, 2.45) is 5.73 Å². The Hall–Kier alpha value is -1.40. The molecule has 0 saturated carbocycles. The molecule has 1 rings (SSSR count). The van der Waals surface area contributed by atoms with Gasteiger partial charge in [0.2, 0.25) is 5.91 Å². The van der Waals surface area contributed by atoms with Crippen molar-refractivity contribution >= 4 is 18.3 Å². The van der Waals surface area contributed by atoms with Crippen molar-refractivity contribution in [3.8, 4) is 5.75 Å². The first-order valence-corrected chi connectivity index (χ1v) is 6.04. The second-order valence-corrected chi connectivity index (χ2v) is 4.28. The Morgan fingerprint density at radius 1 is 1.40 bits per heavy atom. The molecule has 0 spiro atoms. The number of amides is 1. The van der Waals surface area contributed by atoms with E-state index < -0.39 is 6.61 Å². The Balaban J connectivity index is 0.00000361. The quantitative estimate of drug-likeness (QED) is 0.811. The predicted octanol–water partition coefficient (Wildman–Crippen LogP) is 2.11. The zero-order chi connectivity index (χ0) is 14.3. The van der Waals surface area contributed by atoms with Gasteiger partial charge in [0.05, 0.1) is 6.42 Å². The largest absolute Gasteiger partial charge is 0.435 e. The molecule has 1 aromatic rings. The maximum atomic E-state index is 12.2. The van der Waals surface area contributed by atoms with Crippen LogP contribution in [-0.2, 0) is 11.2 Å². The van der Waals surface area contributed by atoms with Crippen LogP contribution in [0.3, 0.4) is 0 Å². The van der Waals surface area contributed by atoms with E-state index in [1.54, 1.807) is 18.2 Å². The van der Waals surface area contributed by atoms with Gasteiger partial charge in [0, 0.05) is 18.2 Å². The number of hydrogen-bond donors (Lipinski definition) is 2. The van der Waals surface area contributed by atoms with Crippen LogP contribution in [-0.4, -0.2) is 25.1 Å². The number of hydrogen-bond acceptors (Lipinski definition) is 3. The molecule has 0 saturated heterocycles. The van der Waals surface area contributed by atoms with Crippen LogP contribution in [0.5, 0.6) is 5.75 Å². The van der Waals surface area contributed by atoms with Gasteiger partial charge in [-0.05, 0) is 19.4 Å². The van der Waals surface area contributed by atoms with Crippen LogP contribution >= 0.6 is 12.4 Å². The van der Waals surface area contributed by atoms with E-state index in [2.05, 4.69) is 10.1 Å². The van der Waals surface area contributed by atoms with Crippen LogP contribution < -0.4 is 15.8 Å². The second kappa shape index (κ2) is 9.50. The van der Waals surface area contributed by atoms with Gasteiger partial charge in [-0.3, -0.25) is 4.79 Å². The van der Waals surface area contributed by atoms with E-state index in [0.29, 0.717) is 18.5 Å². The van der Waals surface area contributed by atoms with Gasteiger partial charge < -0.3 is 15.8 Å². The number of nitrogens with two attached hydrogens (primary N) is 1. The van der Waals surface area contributed by atoms with E-state index in [1.165, 1.54) is 6.07 Å². The highest BCUT2D eigenvalue weighted by Gasteiger charge is 2.12. The zero-order valence-electron chi connectivity index (χ0n) is 11.1. The lowest BCUT2D eigenvalue weighted by Crippen LogP contribution is -2.30. The summed E-state index contributed by atoms with van der Waals surface area (Å²) in [5, 5.41) is 2.68. The van der Waals surface area contributed by atoms with E-state index in [9.17, 15) is 13.6 Å². The molecule has 20 heavy (non-hydrogen) atoms. The summed E-state index contributed by atoms with van der Waals surface area (Å²) in [7, 11) is 0. The topological polar surface area (TPSA) is 64.3 Å². The third kappa shape index (κ3) is 7.25. The molecule has 0 radical (unpaired) electrons. The predicted molar refractivity (Wildman–Crippen MR) is 75.3 cm³/mol. The molecule has 0 heterocycles. The van der Waals surface area contributed by atoms with E-state index in [1.807, 2.05) is 6.92 Å². The van der Waals surface area contributed by atoms with Crippen LogP contribution in [0.15, 0.2) is 24.3 Å². The van der Waals surface area contributed by atoms with Gasteiger partial charge in [0.15, 0.2) is 0 Å². The maximum absolute atomic E-state index is 12.2. The van der Waals surface area contributed by atoms with E-state index in [0.717, 1.165) is 0 Å². The van der Waals surface area contributed by atoms with E-state index >= 15 is 0 Å². The Labute approximate surface area is 123 Å². The molecule has 114 valence electrons. The van der Waals surface area contributed by atoms with Gasteiger partial charge in [-0.2, -0.15) is 8.78 Å². The first-order valence-electron chi connectivity index (χ1n) is 6.04. The van der Waals surface area contributed by atoms with Crippen LogP contribution in [0, 0.1) is 0 Å². The highest BCUT2D eigenvalue weighted by atomic mass is 35.5. The van der Waals surface area contributed by atoms with Crippen LogP contribution in [0.25, 0.3) is 0 Å². The fourth-order valence-electron chi connectivity index (χ4n) is 1.54. The van der Waals surface area contributed by atoms with Gasteiger partial charge in [0.1, 0.15) is 5.75 Å². The lowest BCUT2D eigenvalue weighted by Gasteiger charge is -2.11. The van der Waals surface area contributed by atoms with Crippen LogP contribution in [0.1, 0.15) is 18.9 Å². The summed E-state index contributed by atoms with van der Waals surface area (Å²) in [6.07, 6.45) is 0.669. The summed E-state index contributed by atoms with van der Waals surface area (Å²) in [6.45, 7) is -0.589. The van der Waals surface area contributed by atoms with E-state index in [-0.39, 0.29) is 36.5 Å². The number of carbonyl (C=O) groups is 1. The SMILES string of the molecule is CC(N)CCNC(=O)Cc1ccccc1OC(F)F.Cl. The molecule has 3 N–H and O–H groups in total. The first-order chi connectivity index (χ1) is 8.99. The summed E-state index contributed by atoms with van der Waals surface area (Å²) < 4.78 is 28.7. The lowest BCUT2D eigenvalue weighted by molar-refractivity contribution is -0.120. The van der Waals surface area contributed by atoms with Crippen LogP contribution in [0.4, 0.5) is 8.78 Å².